The number of fused-ring (bicyclic) bond motifs is 1. The van der Waals surface area contributed by atoms with Crippen molar-refractivity contribution in [2.24, 2.45) is 4.99 Å². The van der Waals surface area contributed by atoms with E-state index in [-0.39, 0.29) is 0 Å². The summed E-state index contributed by atoms with van der Waals surface area (Å²) in [4.78, 5) is 6.46. The summed E-state index contributed by atoms with van der Waals surface area (Å²) in [5, 5.41) is 2.25. The van der Waals surface area contributed by atoms with Crippen LogP contribution in [0.4, 0.5) is 11.4 Å². The summed E-state index contributed by atoms with van der Waals surface area (Å²) in [6, 6.07) is 4.10. The number of anilines is 2. The van der Waals surface area contributed by atoms with Crippen molar-refractivity contribution < 1.29 is 0 Å². The molecule has 1 saturated heterocycles. The highest BCUT2D eigenvalue weighted by Crippen LogP contribution is 2.24. The summed E-state index contributed by atoms with van der Waals surface area (Å²) in [5.41, 5.74) is 7.96. The van der Waals surface area contributed by atoms with Gasteiger partial charge in [-0.2, -0.15) is 0 Å². The van der Waals surface area contributed by atoms with Crippen molar-refractivity contribution in [1.29, 1.82) is 0 Å². The zero-order valence-corrected chi connectivity index (χ0v) is 7.33. The van der Waals surface area contributed by atoms with E-state index in [0.29, 0.717) is 0 Å². The van der Waals surface area contributed by atoms with Gasteiger partial charge in [0.15, 0.2) is 0 Å². The minimum atomic E-state index is 0.879. The minimum absolute atomic E-state index is 0.879. The number of nitrogen functional groups attached to an aromatic ring is 1. The van der Waals surface area contributed by atoms with Crippen LogP contribution in [0, 0.1) is 0 Å². The average Bonchev–Trinajstić information content (AvgIpc) is 1.99. The Labute approximate surface area is 76.2 Å². The molecule has 1 fully saturated rings. The van der Waals surface area contributed by atoms with Crippen LogP contribution < -0.4 is 21.2 Å². The SMILES string of the molecule is Nc1cc2c(cc1N1CCC1)=NC=2. The molecule has 3 rings (SSSR count). The molecule has 3 heteroatoms. The molecule has 0 unspecified atom stereocenters. The molecule has 3 nitrogen and oxygen atoms in total. The van der Waals surface area contributed by atoms with Crippen molar-refractivity contribution in [1.82, 2.24) is 0 Å². The van der Waals surface area contributed by atoms with Crippen LogP contribution >= 0.6 is 0 Å². The fourth-order valence-electron chi connectivity index (χ4n) is 1.73. The Kier molecular flexibility index (Phi) is 1.20. The normalized spacial score (nSPS) is 17.7. The number of rotatable bonds is 1. The second kappa shape index (κ2) is 2.25. The molecule has 0 saturated carbocycles. The van der Waals surface area contributed by atoms with Crippen molar-refractivity contribution >= 4 is 17.6 Å². The van der Waals surface area contributed by atoms with Gasteiger partial charge in [-0.05, 0) is 18.6 Å². The van der Waals surface area contributed by atoms with E-state index in [1.807, 2.05) is 12.3 Å². The van der Waals surface area contributed by atoms with Crippen LogP contribution in [-0.2, 0) is 0 Å². The first-order valence-electron chi connectivity index (χ1n) is 4.57. The summed E-state index contributed by atoms with van der Waals surface area (Å²) in [5.74, 6) is 0. The Bertz CT molecular complexity index is 472. The molecular weight excluding hydrogens is 162 g/mol. The smallest absolute Gasteiger partial charge is 0.0739 e. The van der Waals surface area contributed by atoms with Crippen LogP contribution in [0.3, 0.4) is 0 Å². The number of nitrogens with two attached hydrogens (primary N) is 1. The highest BCUT2D eigenvalue weighted by atomic mass is 15.2. The maximum atomic E-state index is 5.93. The van der Waals surface area contributed by atoms with E-state index in [2.05, 4.69) is 16.0 Å². The van der Waals surface area contributed by atoms with E-state index < -0.39 is 0 Å². The lowest BCUT2D eigenvalue weighted by Crippen LogP contribution is -2.40. The van der Waals surface area contributed by atoms with Gasteiger partial charge in [-0.25, -0.2) is 0 Å². The monoisotopic (exact) mass is 173 g/mol. The maximum Gasteiger partial charge on any atom is 0.0739 e. The zero-order chi connectivity index (χ0) is 8.84. The molecular formula is C10H11N3. The van der Waals surface area contributed by atoms with Gasteiger partial charge in [-0.3, -0.25) is 4.99 Å². The van der Waals surface area contributed by atoms with Gasteiger partial charge in [-0.15, -0.1) is 0 Å². The third kappa shape index (κ3) is 0.869. The maximum absolute atomic E-state index is 5.93. The second-order valence-electron chi connectivity index (χ2n) is 3.57. The molecule has 2 aliphatic heterocycles. The van der Waals surface area contributed by atoms with E-state index in [1.165, 1.54) is 11.6 Å². The molecule has 66 valence electrons. The molecule has 1 aromatic carbocycles. The summed E-state index contributed by atoms with van der Waals surface area (Å²) in [7, 11) is 0. The quantitative estimate of drug-likeness (QED) is 0.600. The van der Waals surface area contributed by atoms with Crippen LogP contribution in [0.5, 0.6) is 0 Å². The highest BCUT2D eigenvalue weighted by Gasteiger charge is 2.17. The lowest BCUT2D eigenvalue weighted by molar-refractivity contribution is 0.618. The molecule has 0 radical (unpaired) electrons. The van der Waals surface area contributed by atoms with Crippen molar-refractivity contribution in [2.45, 2.75) is 6.42 Å². The Morgan fingerprint density at radius 3 is 2.69 bits per heavy atom. The van der Waals surface area contributed by atoms with Crippen LogP contribution in [0.1, 0.15) is 6.42 Å². The van der Waals surface area contributed by atoms with E-state index in [0.717, 1.165) is 29.8 Å². The number of nitrogens with zero attached hydrogens (tertiary/aromatic N) is 2. The first-order valence-corrected chi connectivity index (χ1v) is 4.57. The summed E-state index contributed by atoms with van der Waals surface area (Å²) >= 11 is 0. The van der Waals surface area contributed by atoms with Gasteiger partial charge in [0, 0.05) is 24.5 Å². The molecule has 1 aromatic rings. The number of hydrogen-bond acceptors (Lipinski definition) is 3. The average molecular weight is 173 g/mol. The van der Waals surface area contributed by atoms with Crippen molar-refractivity contribution in [3.05, 3.63) is 22.7 Å². The standard InChI is InChI=1S/C10H11N3/c11-8-4-7-6-12-9(7)5-10(8)13-2-1-3-13/h4-6H,1-3,11H2. The molecule has 0 spiro atoms. The second-order valence-corrected chi connectivity index (χ2v) is 3.57. The molecule has 13 heavy (non-hydrogen) atoms. The van der Waals surface area contributed by atoms with Gasteiger partial charge in [0.25, 0.3) is 0 Å². The van der Waals surface area contributed by atoms with Gasteiger partial charge in [0.2, 0.25) is 0 Å². The molecule has 0 aromatic heterocycles. The number of benzene rings is 1. The first kappa shape index (κ1) is 6.95. The summed E-state index contributed by atoms with van der Waals surface area (Å²) in [6.07, 6.45) is 3.13. The lowest BCUT2D eigenvalue weighted by Gasteiger charge is -2.34. The van der Waals surface area contributed by atoms with E-state index >= 15 is 0 Å². The third-order valence-electron chi connectivity index (χ3n) is 2.72. The molecule has 2 N–H and O–H groups in total. The van der Waals surface area contributed by atoms with E-state index in [1.54, 1.807) is 0 Å². The van der Waals surface area contributed by atoms with Crippen molar-refractivity contribution in [3.63, 3.8) is 0 Å². The van der Waals surface area contributed by atoms with E-state index in [9.17, 15) is 0 Å². The van der Waals surface area contributed by atoms with Gasteiger partial charge in [-0.1, -0.05) is 0 Å². The highest BCUT2D eigenvalue weighted by molar-refractivity contribution is 5.69. The largest absolute Gasteiger partial charge is 0.397 e. The van der Waals surface area contributed by atoms with Crippen molar-refractivity contribution in [3.8, 4) is 0 Å². The van der Waals surface area contributed by atoms with Crippen LogP contribution in [0.25, 0.3) is 6.20 Å². The molecule has 0 atom stereocenters. The Morgan fingerprint density at radius 2 is 2.15 bits per heavy atom. The molecule has 2 aliphatic rings. The minimum Gasteiger partial charge on any atom is -0.397 e. The predicted molar refractivity (Wildman–Crippen MR) is 52.9 cm³/mol. The summed E-state index contributed by atoms with van der Waals surface area (Å²) in [6.45, 7) is 2.26. The first-order chi connectivity index (χ1) is 6.34. The third-order valence-corrected chi connectivity index (χ3v) is 2.72. The molecule has 0 amide bonds. The Balaban J connectivity index is 2.15. The zero-order valence-electron chi connectivity index (χ0n) is 7.33. The molecule has 0 aliphatic carbocycles. The van der Waals surface area contributed by atoms with Crippen molar-refractivity contribution in [2.75, 3.05) is 23.7 Å². The van der Waals surface area contributed by atoms with Gasteiger partial charge < -0.3 is 10.6 Å². The Morgan fingerprint density at radius 1 is 1.31 bits per heavy atom. The summed E-state index contributed by atoms with van der Waals surface area (Å²) < 4.78 is 0. The van der Waals surface area contributed by atoms with Crippen LogP contribution in [0.15, 0.2) is 17.1 Å². The predicted octanol–water partition coefficient (Wildman–Crippen LogP) is -0.150. The van der Waals surface area contributed by atoms with Gasteiger partial charge >= 0.3 is 0 Å². The fraction of sp³-hybridized carbons (Fsp3) is 0.300. The van der Waals surface area contributed by atoms with E-state index in [4.69, 9.17) is 5.73 Å². The Hall–Kier alpha value is -1.51. The van der Waals surface area contributed by atoms with Crippen LogP contribution in [0.2, 0.25) is 0 Å². The van der Waals surface area contributed by atoms with Gasteiger partial charge in [0.05, 0.1) is 16.7 Å². The number of hydrogen-bond donors (Lipinski definition) is 1. The topological polar surface area (TPSA) is 41.6 Å². The lowest BCUT2D eigenvalue weighted by atomic mass is 10.1. The van der Waals surface area contributed by atoms with Gasteiger partial charge in [0.1, 0.15) is 0 Å². The fourth-order valence-corrected chi connectivity index (χ4v) is 1.73. The van der Waals surface area contributed by atoms with Crippen LogP contribution in [-0.4, -0.2) is 13.1 Å². The molecule has 0 bridgehead atoms. The molecule has 2 heterocycles.